The van der Waals surface area contributed by atoms with Crippen LogP contribution in [0.1, 0.15) is 134 Å². The van der Waals surface area contributed by atoms with Crippen LogP contribution >= 0.6 is 0 Å². The molecule has 0 aromatic heterocycles. The third kappa shape index (κ3) is 34.0. The smallest absolute Gasteiger partial charge is 0.00413 e. The number of allylic oxidation sites excluding steroid dienone is 5. The minimum Gasteiger partial charge on any atom is -0.328 e. The highest BCUT2D eigenvalue weighted by Crippen LogP contribution is 2.23. The molecule has 0 amide bonds. The fourth-order valence-electron chi connectivity index (χ4n) is 3.16. The van der Waals surface area contributed by atoms with E-state index < -0.39 is 0 Å². The second kappa shape index (κ2) is 22.4. The molecule has 0 saturated heterocycles. The van der Waals surface area contributed by atoms with Gasteiger partial charge in [-0.15, -0.1) is 6.58 Å². The quantitative estimate of drug-likeness (QED) is 0.286. The number of nitrogens with two attached hydrogens (primary N) is 1. The first kappa shape index (κ1) is 34.8. The van der Waals surface area contributed by atoms with Crippen molar-refractivity contribution in [3.8, 4) is 0 Å². The average molecular weight is 436 g/mol. The SMILES string of the molecule is C=CC(C)(C)CCC=C(C)C.CCC=C(C)C.CCCCC(C)CCC(N)CC(C)C. The average Bonchev–Trinajstić information content (AvgIpc) is 2.64. The van der Waals surface area contributed by atoms with Crippen LogP contribution in [0.25, 0.3) is 0 Å². The first-order valence-corrected chi connectivity index (χ1v) is 13.0. The Morgan fingerprint density at radius 1 is 0.903 bits per heavy atom. The van der Waals surface area contributed by atoms with E-state index >= 15 is 0 Å². The largest absolute Gasteiger partial charge is 0.328 e. The lowest BCUT2D eigenvalue weighted by molar-refractivity contribution is 0.399. The van der Waals surface area contributed by atoms with Gasteiger partial charge in [0.25, 0.3) is 0 Å². The minimum atomic E-state index is 0.298. The Morgan fingerprint density at radius 3 is 1.81 bits per heavy atom. The van der Waals surface area contributed by atoms with Crippen molar-refractivity contribution < 1.29 is 0 Å². The van der Waals surface area contributed by atoms with Crippen LogP contribution in [0.5, 0.6) is 0 Å². The normalized spacial score (nSPS) is 12.5. The topological polar surface area (TPSA) is 26.0 Å². The molecule has 1 nitrogen and oxygen atoms in total. The number of hydrogen-bond acceptors (Lipinski definition) is 1. The molecule has 2 atom stereocenters. The Morgan fingerprint density at radius 2 is 1.45 bits per heavy atom. The zero-order valence-corrected chi connectivity index (χ0v) is 23.6. The molecule has 31 heavy (non-hydrogen) atoms. The van der Waals surface area contributed by atoms with E-state index in [-0.39, 0.29) is 0 Å². The van der Waals surface area contributed by atoms with Crippen molar-refractivity contribution in [1.82, 2.24) is 0 Å². The molecule has 2 unspecified atom stereocenters. The molecule has 1 heteroatoms. The van der Waals surface area contributed by atoms with Crippen LogP contribution in [0.15, 0.2) is 36.0 Å². The molecule has 2 N–H and O–H groups in total. The van der Waals surface area contributed by atoms with Crippen molar-refractivity contribution in [3.63, 3.8) is 0 Å². The third-order valence-corrected chi connectivity index (χ3v) is 5.36. The van der Waals surface area contributed by atoms with E-state index in [2.05, 4.69) is 94.9 Å². The van der Waals surface area contributed by atoms with Crippen molar-refractivity contribution >= 4 is 0 Å². The lowest BCUT2D eigenvalue weighted by Crippen LogP contribution is -2.22. The summed E-state index contributed by atoms with van der Waals surface area (Å²) < 4.78 is 0. The summed E-state index contributed by atoms with van der Waals surface area (Å²) in [7, 11) is 0. The van der Waals surface area contributed by atoms with Gasteiger partial charge in [-0.3, -0.25) is 0 Å². The fraction of sp³-hybridized carbons (Fsp3) is 0.800. The molecule has 0 aliphatic rings. The predicted molar refractivity (Wildman–Crippen MR) is 148 cm³/mol. The molecular formula is C30H61N. The Hall–Kier alpha value is -0.820. The van der Waals surface area contributed by atoms with E-state index in [0.29, 0.717) is 11.5 Å². The van der Waals surface area contributed by atoms with Crippen molar-refractivity contribution in [2.45, 2.75) is 140 Å². The van der Waals surface area contributed by atoms with Crippen LogP contribution < -0.4 is 5.73 Å². The highest BCUT2D eigenvalue weighted by atomic mass is 14.6. The summed E-state index contributed by atoms with van der Waals surface area (Å²) in [4.78, 5) is 0. The van der Waals surface area contributed by atoms with Gasteiger partial charge in [0.1, 0.15) is 0 Å². The summed E-state index contributed by atoms with van der Waals surface area (Å²) in [5.41, 5.74) is 9.17. The van der Waals surface area contributed by atoms with E-state index in [9.17, 15) is 0 Å². The summed E-state index contributed by atoms with van der Waals surface area (Å²) in [5, 5.41) is 0. The van der Waals surface area contributed by atoms with Gasteiger partial charge in [-0.05, 0) is 83.5 Å². The zero-order valence-electron chi connectivity index (χ0n) is 23.6. The summed E-state index contributed by atoms with van der Waals surface area (Å²) in [6.07, 6.45) is 17.8. The zero-order chi connectivity index (χ0) is 24.9. The summed E-state index contributed by atoms with van der Waals surface area (Å²) in [6.45, 7) is 28.0. The van der Waals surface area contributed by atoms with Crippen LogP contribution in [0, 0.1) is 17.3 Å². The highest BCUT2D eigenvalue weighted by Gasteiger charge is 2.10. The van der Waals surface area contributed by atoms with E-state index in [1.807, 2.05) is 6.08 Å². The van der Waals surface area contributed by atoms with Gasteiger partial charge in [-0.1, -0.05) is 97.1 Å². The van der Waals surface area contributed by atoms with Gasteiger partial charge in [0, 0.05) is 6.04 Å². The summed E-state index contributed by atoms with van der Waals surface area (Å²) >= 11 is 0. The molecule has 0 fully saturated rings. The Balaban J connectivity index is -0.000000410. The van der Waals surface area contributed by atoms with Gasteiger partial charge in [-0.2, -0.15) is 0 Å². The van der Waals surface area contributed by atoms with Crippen LogP contribution in [-0.4, -0.2) is 6.04 Å². The van der Waals surface area contributed by atoms with Crippen molar-refractivity contribution in [2.24, 2.45) is 23.0 Å². The molecule has 0 rings (SSSR count). The predicted octanol–water partition coefficient (Wildman–Crippen LogP) is 10.3. The summed E-state index contributed by atoms with van der Waals surface area (Å²) in [5.74, 6) is 1.61. The van der Waals surface area contributed by atoms with E-state index in [0.717, 1.165) is 11.8 Å². The lowest BCUT2D eigenvalue weighted by atomic mass is 9.88. The number of hydrogen-bond donors (Lipinski definition) is 1. The Labute approximate surface area is 199 Å². The fourth-order valence-corrected chi connectivity index (χ4v) is 3.16. The van der Waals surface area contributed by atoms with Gasteiger partial charge in [0.15, 0.2) is 0 Å². The van der Waals surface area contributed by atoms with Gasteiger partial charge >= 0.3 is 0 Å². The summed E-state index contributed by atoms with van der Waals surface area (Å²) in [6, 6.07) is 0.430. The molecular weight excluding hydrogens is 374 g/mol. The van der Waals surface area contributed by atoms with E-state index in [4.69, 9.17) is 5.73 Å². The van der Waals surface area contributed by atoms with Gasteiger partial charge in [0.05, 0.1) is 0 Å². The monoisotopic (exact) mass is 435 g/mol. The molecule has 0 radical (unpaired) electrons. The first-order chi connectivity index (χ1) is 14.3. The number of unbranched alkanes of at least 4 members (excludes halogenated alkanes) is 1. The minimum absolute atomic E-state index is 0.298. The number of rotatable bonds is 13. The molecule has 0 spiro atoms. The maximum atomic E-state index is 6.05. The van der Waals surface area contributed by atoms with Gasteiger partial charge < -0.3 is 5.73 Å². The molecule has 0 heterocycles. The lowest BCUT2D eigenvalue weighted by Gasteiger charge is -2.17. The maximum Gasteiger partial charge on any atom is 0.00413 e. The van der Waals surface area contributed by atoms with Crippen LogP contribution in [0.4, 0.5) is 0 Å². The van der Waals surface area contributed by atoms with Crippen molar-refractivity contribution in [1.29, 1.82) is 0 Å². The molecule has 0 saturated carbocycles. The standard InChI is InChI=1S/C13H29N.C11H20.C6H12/c1-5-6-7-12(4)8-9-13(14)10-11(2)3;1-6-11(4,5)9-7-8-10(2)3;1-4-5-6(2)3/h11-13H,5-10,14H2,1-4H3;6,8H,1,7,9H2,2-5H3;5H,4H2,1-3H3. The Kier molecular flexibility index (Phi) is 25.1. The molecule has 0 aliphatic carbocycles. The first-order valence-electron chi connectivity index (χ1n) is 13.0. The molecule has 186 valence electrons. The highest BCUT2D eigenvalue weighted by molar-refractivity contribution is 4.96. The van der Waals surface area contributed by atoms with Crippen molar-refractivity contribution in [2.75, 3.05) is 0 Å². The second-order valence-electron chi connectivity index (χ2n) is 10.9. The van der Waals surface area contributed by atoms with Crippen LogP contribution in [0.3, 0.4) is 0 Å². The van der Waals surface area contributed by atoms with E-state index in [1.54, 1.807) is 0 Å². The molecule has 0 aromatic carbocycles. The van der Waals surface area contributed by atoms with Crippen LogP contribution in [-0.2, 0) is 0 Å². The Bertz CT molecular complexity index is 445. The third-order valence-electron chi connectivity index (χ3n) is 5.36. The molecule has 0 bridgehead atoms. The van der Waals surface area contributed by atoms with Crippen LogP contribution in [0.2, 0.25) is 0 Å². The second-order valence-corrected chi connectivity index (χ2v) is 10.9. The van der Waals surface area contributed by atoms with Gasteiger partial charge in [0.2, 0.25) is 0 Å². The molecule has 0 aromatic rings. The van der Waals surface area contributed by atoms with Crippen molar-refractivity contribution in [3.05, 3.63) is 36.0 Å². The van der Waals surface area contributed by atoms with E-state index in [1.165, 1.54) is 68.9 Å². The molecule has 0 aliphatic heterocycles. The maximum absolute atomic E-state index is 6.05. The van der Waals surface area contributed by atoms with Gasteiger partial charge in [-0.25, -0.2) is 0 Å².